The van der Waals surface area contributed by atoms with Crippen LogP contribution in [0.2, 0.25) is 0 Å². The molecule has 3 aromatic rings. The maximum absolute atomic E-state index is 5.67. The highest BCUT2D eigenvalue weighted by molar-refractivity contribution is 5.49. The zero-order chi connectivity index (χ0) is 19.1. The van der Waals surface area contributed by atoms with Crippen molar-refractivity contribution >= 4 is 0 Å². The van der Waals surface area contributed by atoms with Gasteiger partial charge < -0.3 is 14.8 Å². The summed E-state index contributed by atoms with van der Waals surface area (Å²) in [6.07, 6.45) is 0.988. The average molecular weight is 362 g/mol. The lowest BCUT2D eigenvalue weighted by atomic mass is 9.98. The van der Waals surface area contributed by atoms with E-state index >= 15 is 0 Å². The van der Waals surface area contributed by atoms with Gasteiger partial charge in [-0.05, 0) is 24.6 Å². The molecule has 0 saturated carbocycles. The van der Waals surface area contributed by atoms with Gasteiger partial charge in [0, 0.05) is 23.1 Å². The SMILES string of the molecule is COc1ccc(C[NH2+][C@H](Cc2ccccc2)c2ccccc2)c(OC)c1C. The molecule has 3 heteroatoms. The zero-order valence-corrected chi connectivity index (χ0v) is 16.3. The van der Waals surface area contributed by atoms with Crippen molar-refractivity contribution in [2.75, 3.05) is 14.2 Å². The number of nitrogens with two attached hydrogens (primary N) is 1. The standard InChI is InChI=1S/C24H27NO2/c1-18-23(26-2)15-14-21(24(18)27-3)17-25-22(20-12-8-5-9-13-20)16-19-10-6-4-7-11-19/h4-15,22,25H,16-17H2,1-3H3/p+1/t22-/m1/s1. The van der Waals surface area contributed by atoms with Crippen molar-refractivity contribution in [1.29, 1.82) is 0 Å². The van der Waals surface area contributed by atoms with Gasteiger partial charge in [0.1, 0.15) is 24.1 Å². The highest BCUT2D eigenvalue weighted by Crippen LogP contribution is 2.30. The predicted octanol–water partition coefficient (Wildman–Crippen LogP) is 4.06. The van der Waals surface area contributed by atoms with Gasteiger partial charge in [0.2, 0.25) is 0 Å². The lowest BCUT2D eigenvalue weighted by Gasteiger charge is -2.19. The molecule has 3 aromatic carbocycles. The Morgan fingerprint density at radius 2 is 1.48 bits per heavy atom. The average Bonchev–Trinajstić information content (AvgIpc) is 2.72. The molecule has 3 rings (SSSR count). The van der Waals surface area contributed by atoms with Crippen molar-refractivity contribution in [2.24, 2.45) is 0 Å². The van der Waals surface area contributed by atoms with Crippen LogP contribution in [0.3, 0.4) is 0 Å². The number of benzene rings is 3. The third-order valence-electron chi connectivity index (χ3n) is 5.01. The lowest BCUT2D eigenvalue weighted by molar-refractivity contribution is -0.711. The second-order valence-electron chi connectivity index (χ2n) is 6.73. The summed E-state index contributed by atoms with van der Waals surface area (Å²) >= 11 is 0. The third kappa shape index (κ3) is 4.69. The molecule has 0 fully saturated rings. The summed E-state index contributed by atoms with van der Waals surface area (Å²) in [5.41, 5.74) is 4.92. The molecule has 0 aromatic heterocycles. The Bertz CT molecular complexity index is 847. The van der Waals surface area contributed by atoms with E-state index in [9.17, 15) is 0 Å². The lowest BCUT2D eigenvalue weighted by Crippen LogP contribution is -2.84. The van der Waals surface area contributed by atoms with Crippen LogP contribution in [0.5, 0.6) is 11.5 Å². The number of hydrogen-bond donors (Lipinski definition) is 1. The van der Waals surface area contributed by atoms with E-state index in [2.05, 4.69) is 72.0 Å². The Balaban J connectivity index is 1.82. The highest BCUT2D eigenvalue weighted by atomic mass is 16.5. The van der Waals surface area contributed by atoms with Gasteiger partial charge in [-0.25, -0.2) is 0 Å². The Morgan fingerprint density at radius 3 is 2.11 bits per heavy atom. The molecular formula is C24H28NO2+. The number of ether oxygens (including phenoxy) is 2. The van der Waals surface area contributed by atoms with Crippen LogP contribution in [0.1, 0.15) is 28.3 Å². The van der Waals surface area contributed by atoms with E-state index < -0.39 is 0 Å². The Hall–Kier alpha value is -2.78. The highest BCUT2D eigenvalue weighted by Gasteiger charge is 2.18. The molecule has 2 N–H and O–H groups in total. The predicted molar refractivity (Wildman–Crippen MR) is 109 cm³/mol. The minimum Gasteiger partial charge on any atom is -0.496 e. The fraction of sp³-hybridized carbons (Fsp3) is 0.250. The van der Waals surface area contributed by atoms with Gasteiger partial charge in [-0.1, -0.05) is 60.7 Å². The van der Waals surface area contributed by atoms with Crippen LogP contribution in [0.25, 0.3) is 0 Å². The first kappa shape index (κ1) is 19.0. The van der Waals surface area contributed by atoms with E-state index in [1.807, 2.05) is 13.0 Å². The topological polar surface area (TPSA) is 35.1 Å². The van der Waals surface area contributed by atoms with Crippen LogP contribution >= 0.6 is 0 Å². The summed E-state index contributed by atoms with van der Waals surface area (Å²) in [5, 5.41) is 2.39. The molecule has 3 nitrogen and oxygen atoms in total. The number of rotatable bonds is 8. The van der Waals surface area contributed by atoms with Crippen molar-refractivity contribution < 1.29 is 14.8 Å². The van der Waals surface area contributed by atoms with Crippen LogP contribution in [-0.4, -0.2) is 14.2 Å². The van der Waals surface area contributed by atoms with E-state index in [1.54, 1.807) is 14.2 Å². The quantitative estimate of drug-likeness (QED) is 0.656. The van der Waals surface area contributed by atoms with Gasteiger partial charge >= 0.3 is 0 Å². The smallest absolute Gasteiger partial charge is 0.134 e. The monoisotopic (exact) mass is 362 g/mol. The molecule has 27 heavy (non-hydrogen) atoms. The molecule has 0 unspecified atom stereocenters. The van der Waals surface area contributed by atoms with Crippen LogP contribution in [-0.2, 0) is 13.0 Å². The van der Waals surface area contributed by atoms with Crippen molar-refractivity contribution in [1.82, 2.24) is 0 Å². The zero-order valence-electron chi connectivity index (χ0n) is 16.3. The van der Waals surface area contributed by atoms with E-state index in [1.165, 1.54) is 16.7 Å². The fourth-order valence-corrected chi connectivity index (χ4v) is 3.57. The first-order valence-electron chi connectivity index (χ1n) is 9.35. The van der Waals surface area contributed by atoms with E-state index in [0.29, 0.717) is 6.04 Å². The van der Waals surface area contributed by atoms with Gasteiger partial charge in [0.25, 0.3) is 0 Å². The van der Waals surface area contributed by atoms with Gasteiger partial charge in [-0.15, -0.1) is 0 Å². The first-order chi connectivity index (χ1) is 13.2. The molecule has 0 aliphatic rings. The summed E-state index contributed by atoms with van der Waals surface area (Å²) < 4.78 is 11.1. The molecule has 0 spiro atoms. The van der Waals surface area contributed by atoms with Crippen molar-refractivity contribution in [2.45, 2.75) is 25.9 Å². The minimum absolute atomic E-state index is 0.348. The van der Waals surface area contributed by atoms with Gasteiger partial charge in [-0.2, -0.15) is 0 Å². The maximum atomic E-state index is 5.67. The van der Waals surface area contributed by atoms with Crippen LogP contribution < -0.4 is 14.8 Å². The van der Waals surface area contributed by atoms with Gasteiger partial charge in [0.05, 0.1) is 14.2 Å². The summed E-state index contributed by atoms with van der Waals surface area (Å²) in [6, 6.07) is 25.8. The summed E-state index contributed by atoms with van der Waals surface area (Å²) in [6.45, 7) is 2.89. The molecular weight excluding hydrogens is 334 g/mol. The van der Waals surface area contributed by atoms with E-state index in [-0.39, 0.29) is 0 Å². The van der Waals surface area contributed by atoms with Crippen molar-refractivity contribution in [3.05, 3.63) is 95.1 Å². The number of quaternary nitrogens is 1. The van der Waals surface area contributed by atoms with Crippen molar-refractivity contribution in [3.8, 4) is 11.5 Å². The van der Waals surface area contributed by atoms with Gasteiger partial charge in [-0.3, -0.25) is 0 Å². The summed E-state index contributed by atoms with van der Waals surface area (Å²) in [5.74, 6) is 1.77. The summed E-state index contributed by atoms with van der Waals surface area (Å²) in [4.78, 5) is 0. The molecule has 1 atom stereocenters. The molecule has 0 saturated heterocycles. The van der Waals surface area contributed by atoms with Crippen LogP contribution in [0, 0.1) is 6.92 Å². The second kappa shape index (κ2) is 9.24. The Kier molecular flexibility index (Phi) is 6.50. The van der Waals surface area contributed by atoms with Crippen LogP contribution in [0.15, 0.2) is 72.8 Å². The van der Waals surface area contributed by atoms with Crippen molar-refractivity contribution in [3.63, 3.8) is 0 Å². The van der Waals surface area contributed by atoms with Crippen LogP contribution in [0.4, 0.5) is 0 Å². The Morgan fingerprint density at radius 1 is 0.815 bits per heavy atom. The fourth-order valence-electron chi connectivity index (χ4n) is 3.57. The largest absolute Gasteiger partial charge is 0.496 e. The first-order valence-corrected chi connectivity index (χ1v) is 9.35. The number of hydrogen-bond acceptors (Lipinski definition) is 2. The molecule has 0 aliphatic heterocycles. The molecule has 0 heterocycles. The number of methoxy groups -OCH3 is 2. The van der Waals surface area contributed by atoms with E-state index in [0.717, 1.165) is 30.0 Å². The molecule has 140 valence electrons. The molecule has 0 bridgehead atoms. The van der Waals surface area contributed by atoms with Gasteiger partial charge in [0.15, 0.2) is 0 Å². The maximum Gasteiger partial charge on any atom is 0.134 e. The molecule has 0 radical (unpaired) electrons. The molecule has 0 aliphatic carbocycles. The second-order valence-corrected chi connectivity index (χ2v) is 6.73. The normalized spacial score (nSPS) is 11.8. The summed E-state index contributed by atoms with van der Waals surface area (Å²) in [7, 11) is 3.42. The van der Waals surface area contributed by atoms with E-state index in [4.69, 9.17) is 9.47 Å². The molecule has 0 amide bonds. The Labute approximate surface area is 162 Å². The minimum atomic E-state index is 0.348. The third-order valence-corrected chi connectivity index (χ3v) is 5.01.